The number of amides is 3. The molecule has 23 heavy (non-hydrogen) atoms. The molecule has 6 nitrogen and oxygen atoms in total. The molecule has 1 aromatic carbocycles. The first-order valence-electron chi connectivity index (χ1n) is 7.89. The maximum absolute atomic E-state index is 12.1. The van der Waals surface area contributed by atoms with E-state index in [-0.39, 0.29) is 24.1 Å². The van der Waals surface area contributed by atoms with Crippen LogP contribution < -0.4 is 10.6 Å². The largest absolute Gasteiger partial charge is 0.342 e. The molecule has 1 saturated heterocycles. The maximum Gasteiger partial charge on any atom is 0.233 e. The third-order valence-corrected chi connectivity index (χ3v) is 3.94. The minimum Gasteiger partial charge on any atom is -0.342 e. The van der Waals surface area contributed by atoms with Gasteiger partial charge in [0.2, 0.25) is 17.7 Å². The fourth-order valence-electron chi connectivity index (χ4n) is 2.55. The number of carbonyl (C=O) groups excluding carboxylic acids is 3. The molecule has 1 heterocycles. The van der Waals surface area contributed by atoms with Crippen LogP contribution in [0.3, 0.4) is 0 Å². The molecule has 0 spiro atoms. The lowest BCUT2D eigenvalue weighted by Crippen LogP contribution is -2.39. The van der Waals surface area contributed by atoms with E-state index in [1.54, 1.807) is 29.2 Å². The SMILES string of the molecule is CC(=O)Nc1ccc(NC(=O)CC(=O)N2CCC(C)CC2)cc1. The number of carbonyl (C=O) groups is 3. The monoisotopic (exact) mass is 317 g/mol. The number of benzene rings is 1. The number of hydrogen-bond donors (Lipinski definition) is 2. The van der Waals surface area contributed by atoms with Crippen LogP contribution in [-0.2, 0) is 14.4 Å². The summed E-state index contributed by atoms with van der Waals surface area (Å²) in [7, 11) is 0. The Balaban J connectivity index is 1.82. The van der Waals surface area contributed by atoms with Crippen molar-refractivity contribution in [3.8, 4) is 0 Å². The van der Waals surface area contributed by atoms with Crippen molar-refractivity contribution in [2.24, 2.45) is 5.92 Å². The molecule has 6 heteroatoms. The van der Waals surface area contributed by atoms with Crippen LogP contribution in [0.25, 0.3) is 0 Å². The summed E-state index contributed by atoms with van der Waals surface area (Å²) in [6.07, 6.45) is 1.86. The number of nitrogens with zero attached hydrogens (tertiary/aromatic N) is 1. The van der Waals surface area contributed by atoms with Crippen molar-refractivity contribution in [2.45, 2.75) is 33.1 Å². The van der Waals surface area contributed by atoms with Crippen molar-refractivity contribution in [1.29, 1.82) is 0 Å². The molecule has 0 aliphatic carbocycles. The average molecular weight is 317 g/mol. The highest BCUT2D eigenvalue weighted by Crippen LogP contribution is 2.17. The molecule has 0 radical (unpaired) electrons. The Morgan fingerprint density at radius 2 is 1.57 bits per heavy atom. The Bertz CT molecular complexity index is 575. The minimum absolute atomic E-state index is 0.121. The van der Waals surface area contributed by atoms with Crippen molar-refractivity contribution in [3.05, 3.63) is 24.3 Å². The second kappa shape index (κ2) is 7.76. The van der Waals surface area contributed by atoms with Gasteiger partial charge in [-0.05, 0) is 43.0 Å². The van der Waals surface area contributed by atoms with Crippen LogP contribution in [0, 0.1) is 5.92 Å². The number of rotatable bonds is 4. The van der Waals surface area contributed by atoms with Gasteiger partial charge in [-0.25, -0.2) is 0 Å². The summed E-state index contributed by atoms with van der Waals surface area (Å²) in [6.45, 7) is 5.08. The van der Waals surface area contributed by atoms with Crippen LogP contribution in [0.1, 0.15) is 33.1 Å². The lowest BCUT2D eigenvalue weighted by molar-refractivity contribution is -0.135. The number of likely N-dealkylation sites (tertiary alicyclic amines) is 1. The van der Waals surface area contributed by atoms with E-state index in [1.807, 2.05) is 0 Å². The first-order valence-corrected chi connectivity index (χ1v) is 7.89. The van der Waals surface area contributed by atoms with Crippen molar-refractivity contribution in [3.63, 3.8) is 0 Å². The molecule has 1 fully saturated rings. The van der Waals surface area contributed by atoms with E-state index in [0.717, 1.165) is 25.9 Å². The first-order chi connectivity index (χ1) is 10.9. The molecule has 3 amide bonds. The van der Waals surface area contributed by atoms with Crippen molar-refractivity contribution in [2.75, 3.05) is 23.7 Å². The summed E-state index contributed by atoms with van der Waals surface area (Å²) in [4.78, 5) is 36.8. The third kappa shape index (κ3) is 5.39. The first kappa shape index (κ1) is 17.0. The summed E-state index contributed by atoms with van der Waals surface area (Å²) >= 11 is 0. The third-order valence-electron chi connectivity index (χ3n) is 3.94. The normalized spacial score (nSPS) is 15.1. The summed E-state index contributed by atoms with van der Waals surface area (Å²) in [6, 6.07) is 6.78. The number of piperidine rings is 1. The predicted octanol–water partition coefficient (Wildman–Crippen LogP) is 2.23. The molecule has 1 aliphatic rings. The zero-order chi connectivity index (χ0) is 16.8. The Kier molecular flexibility index (Phi) is 5.73. The van der Waals surface area contributed by atoms with Gasteiger partial charge in [0.1, 0.15) is 6.42 Å². The molecule has 124 valence electrons. The van der Waals surface area contributed by atoms with Crippen LogP contribution in [0.4, 0.5) is 11.4 Å². The molecule has 0 aromatic heterocycles. The van der Waals surface area contributed by atoms with Crippen molar-refractivity contribution >= 4 is 29.1 Å². The molecule has 0 unspecified atom stereocenters. The molecule has 1 aliphatic heterocycles. The van der Waals surface area contributed by atoms with E-state index in [2.05, 4.69) is 17.6 Å². The molecule has 2 N–H and O–H groups in total. The molecule has 0 saturated carbocycles. The summed E-state index contributed by atoms with van der Waals surface area (Å²) in [5.41, 5.74) is 1.26. The van der Waals surface area contributed by atoms with Gasteiger partial charge >= 0.3 is 0 Å². The summed E-state index contributed by atoms with van der Waals surface area (Å²) in [5.74, 6) is 0.0587. The van der Waals surface area contributed by atoms with Crippen molar-refractivity contribution < 1.29 is 14.4 Å². The van der Waals surface area contributed by atoms with Gasteiger partial charge in [-0.1, -0.05) is 6.92 Å². The second-order valence-electron chi connectivity index (χ2n) is 6.05. The molecular weight excluding hydrogens is 294 g/mol. The van der Waals surface area contributed by atoms with Gasteiger partial charge in [0.15, 0.2) is 0 Å². The van der Waals surface area contributed by atoms with Gasteiger partial charge in [-0.2, -0.15) is 0 Å². The second-order valence-corrected chi connectivity index (χ2v) is 6.05. The smallest absolute Gasteiger partial charge is 0.233 e. The summed E-state index contributed by atoms with van der Waals surface area (Å²) < 4.78 is 0. The van der Waals surface area contributed by atoms with E-state index in [1.165, 1.54) is 6.92 Å². The van der Waals surface area contributed by atoms with E-state index in [0.29, 0.717) is 17.3 Å². The zero-order valence-corrected chi connectivity index (χ0v) is 13.6. The standard InChI is InChI=1S/C17H23N3O3/c1-12-7-9-20(10-8-12)17(23)11-16(22)19-15-5-3-14(4-6-15)18-13(2)21/h3-6,12H,7-11H2,1-2H3,(H,18,21)(H,19,22). The van der Waals surface area contributed by atoms with E-state index >= 15 is 0 Å². The average Bonchev–Trinajstić information content (AvgIpc) is 2.49. The maximum atomic E-state index is 12.1. The van der Waals surface area contributed by atoms with Gasteiger partial charge in [0, 0.05) is 31.4 Å². The van der Waals surface area contributed by atoms with Gasteiger partial charge in [-0.15, -0.1) is 0 Å². The topological polar surface area (TPSA) is 78.5 Å². The Labute approximate surface area is 136 Å². The highest BCUT2D eigenvalue weighted by Gasteiger charge is 2.22. The van der Waals surface area contributed by atoms with Crippen molar-refractivity contribution in [1.82, 2.24) is 4.90 Å². The predicted molar refractivity (Wildman–Crippen MR) is 89.0 cm³/mol. The number of hydrogen-bond acceptors (Lipinski definition) is 3. The van der Waals surface area contributed by atoms with Crippen LogP contribution in [-0.4, -0.2) is 35.7 Å². The van der Waals surface area contributed by atoms with E-state index < -0.39 is 0 Å². The molecule has 0 bridgehead atoms. The Morgan fingerprint density at radius 1 is 1.04 bits per heavy atom. The minimum atomic E-state index is -0.319. The number of anilines is 2. The summed E-state index contributed by atoms with van der Waals surface area (Å²) in [5, 5.41) is 5.35. The van der Waals surface area contributed by atoms with Crippen LogP contribution in [0.5, 0.6) is 0 Å². The van der Waals surface area contributed by atoms with E-state index in [9.17, 15) is 14.4 Å². The quantitative estimate of drug-likeness (QED) is 0.836. The van der Waals surface area contributed by atoms with E-state index in [4.69, 9.17) is 0 Å². The lowest BCUT2D eigenvalue weighted by atomic mass is 9.99. The highest BCUT2D eigenvalue weighted by molar-refractivity contribution is 6.03. The molecule has 2 rings (SSSR count). The van der Waals surface area contributed by atoms with Gasteiger partial charge < -0.3 is 15.5 Å². The van der Waals surface area contributed by atoms with Gasteiger partial charge in [0.25, 0.3) is 0 Å². The molecule has 0 atom stereocenters. The fourth-order valence-corrected chi connectivity index (χ4v) is 2.55. The van der Waals surface area contributed by atoms with Crippen LogP contribution >= 0.6 is 0 Å². The Morgan fingerprint density at radius 3 is 2.09 bits per heavy atom. The van der Waals surface area contributed by atoms with Crippen LogP contribution in [0.15, 0.2) is 24.3 Å². The van der Waals surface area contributed by atoms with Gasteiger partial charge in [-0.3, -0.25) is 14.4 Å². The number of nitrogens with one attached hydrogen (secondary N) is 2. The zero-order valence-electron chi connectivity index (χ0n) is 13.6. The lowest BCUT2D eigenvalue weighted by Gasteiger charge is -2.30. The fraction of sp³-hybridized carbons (Fsp3) is 0.471. The molecule has 1 aromatic rings. The highest BCUT2D eigenvalue weighted by atomic mass is 16.2. The molecular formula is C17H23N3O3. The Hall–Kier alpha value is -2.37. The van der Waals surface area contributed by atoms with Crippen LogP contribution in [0.2, 0.25) is 0 Å². The van der Waals surface area contributed by atoms with Gasteiger partial charge in [0.05, 0.1) is 0 Å².